The van der Waals surface area contributed by atoms with E-state index in [9.17, 15) is 24.6 Å². The van der Waals surface area contributed by atoms with Gasteiger partial charge in [-0.1, -0.05) is 66.2 Å². The maximum absolute atomic E-state index is 13.3. The summed E-state index contributed by atoms with van der Waals surface area (Å²) in [5.41, 5.74) is 1.07. The molecule has 6 nitrogen and oxygen atoms in total. The average Bonchev–Trinajstić information content (AvgIpc) is 2.96. The summed E-state index contributed by atoms with van der Waals surface area (Å²) in [5.74, 6) is -0.256. The van der Waals surface area contributed by atoms with Crippen LogP contribution in [0.1, 0.15) is 127 Å². The van der Waals surface area contributed by atoms with Gasteiger partial charge in [0.2, 0.25) is 0 Å². The van der Waals surface area contributed by atoms with Crippen molar-refractivity contribution in [3.05, 3.63) is 47.0 Å². The fourth-order valence-electron chi connectivity index (χ4n) is 12.0. The van der Waals surface area contributed by atoms with E-state index in [2.05, 4.69) is 54.5 Å². The minimum Gasteiger partial charge on any atom is -0.481 e. The minimum absolute atomic E-state index is 0.0263. The number of carboxylic acid groups (broad SMARTS) is 2. The quantitative estimate of drug-likeness (QED) is 0.263. The molecule has 5 aliphatic carbocycles. The molecule has 4 fully saturated rings. The highest BCUT2D eigenvalue weighted by Crippen LogP contribution is 2.75. The highest BCUT2D eigenvalue weighted by molar-refractivity contribution is 5.94. The first-order chi connectivity index (χ1) is 20.5. The van der Waals surface area contributed by atoms with E-state index in [1.165, 1.54) is 17.7 Å². The van der Waals surface area contributed by atoms with Crippen LogP contribution in [0.2, 0.25) is 0 Å². The Bertz CT molecular complexity index is 1410. The van der Waals surface area contributed by atoms with Gasteiger partial charge in [-0.05, 0) is 122 Å². The maximum Gasteiger partial charge on any atom is 0.338 e. The van der Waals surface area contributed by atoms with Crippen LogP contribution in [-0.4, -0.2) is 34.2 Å². The molecule has 1 aromatic carbocycles. The van der Waals surface area contributed by atoms with Crippen LogP contribution in [0.5, 0.6) is 0 Å². The van der Waals surface area contributed by atoms with Gasteiger partial charge >= 0.3 is 17.9 Å². The first-order valence-corrected chi connectivity index (χ1v) is 17.0. The van der Waals surface area contributed by atoms with E-state index >= 15 is 0 Å². The van der Waals surface area contributed by atoms with Gasteiger partial charge in [0, 0.05) is 5.41 Å². The third-order valence-electron chi connectivity index (χ3n) is 14.9. The largest absolute Gasteiger partial charge is 0.481 e. The molecule has 5 aliphatic rings. The van der Waals surface area contributed by atoms with Gasteiger partial charge in [0.15, 0.2) is 0 Å². The Morgan fingerprint density at radius 3 is 2.23 bits per heavy atom. The van der Waals surface area contributed by atoms with Crippen LogP contribution < -0.4 is 0 Å². The number of ether oxygens (including phenoxy) is 1. The normalized spacial score (nSPS) is 44.1. The molecule has 0 radical (unpaired) electrons. The number of carbonyl (C=O) groups is 3. The lowest BCUT2D eigenvalue weighted by Crippen LogP contribution is -2.65. The third kappa shape index (κ3) is 4.14. The van der Waals surface area contributed by atoms with Gasteiger partial charge < -0.3 is 14.9 Å². The Kier molecular flexibility index (Phi) is 7.26. The highest BCUT2D eigenvalue weighted by Gasteiger charge is 2.69. The predicted molar refractivity (Wildman–Crippen MR) is 169 cm³/mol. The van der Waals surface area contributed by atoms with Crippen molar-refractivity contribution in [2.24, 2.45) is 56.7 Å². The molecule has 0 amide bonds. The molecule has 4 saturated carbocycles. The van der Waals surface area contributed by atoms with Crippen molar-refractivity contribution in [2.75, 3.05) is 0 Å². The van der Waals surface area contributed by atoms with Crippen LogP contribution in [-0.2, 0) is 9.53 Å². The van der Waals surface area contributed by atoms with E-state index in [0.29, 0.717) is 23.7 Å². The van der Waals surface area contributed by atoms with Crippen molar-refractivity contribution in [1.82, 2.24) is 0 Å². The topological polar surface area (TPSA) is 101 Å². The standard InChI is InChI=1S/C38H52O6/c1-22-13-18-38(33(42)43)20-19-36(6)26(30(38)23(22)2)11-12-28-35(5)16-15-29(34(3,4)27(35)14-17-37(28,36)7)44-32(41)25-10-8-9-24(21-25)31(39)40/h8-11,21-23,27-30H,12-20H2,1-7H3,(H,39,40)(H,42,43)/t22-,23+,27+,28-,29+,30+,35+,36-,37-,38+/m1/s1. The van der Waals surface area contributed by atoms with Gasteiger partial charge in [0.25, 0.3) is 0 Å². The lowest BCUT2D eigenvalue weighted by Gasteiger charge is -2.71. The molecule has 0 unspecified atom stereocenters. The molecule has 0 aliphatic heterocycles. The molecule has 0 aromatic heterocycles. The lowest BCUT2D eigenvalue weighted by molar-refractivity contribution is -0.206. The van der Waals surface area contributed by atoms with Gasteiger partial charge in [0.05, 0.1) is 16.5 Å². The van der Waals surface area contributed by atoms with Crippen molar-refractivity contribution in [1.29, 1.82) is 0 Å². The second-order valence-corrected chi connectivity index (χ2v) is 16.7. The zero-order chi connectivity index (χ0) is 32.0. The Morgan fingerprint density at radius 1 is 0.841 bits per heavy atom. The molecule has 10 atom stereocenters. The summed E-state index contributed by atoms with van der Waals surface area (Å²) < 4.78 is 6.20. The number of benzene rings is 1. The summed E-state index contributed by atoms with van der Waals surface area (Å²) >= 11 is 0. The monoisotopic (exact) mass is 604 g/mol. The van der Waals surface area contributed by atoms with Crippen LogP contribution >= 0.6 is 0 Å². The number of fused-ring (bicyclic) bond motifs is 7. The molecule has 240 valence electrons. The van der Waals surface area contributed by atoms with Crippen molar-refractivity contribution in [3.63, 3.8) is 0 Å². The number of carboxylic acids is 2. The van der Waals surface area contributed by atoms with E-state index < -0.39 is 23.3 Å². The molecule has 44 heavy (non-hydrogen) atoms. The summed E-state index contributed by atoms with van der Waals surface area (Å²) in [6, 6.07) is 6.12. The second-order valence-electron chi connectivity index (χ2n) is 16.7. The fourth-order valence-corrected chi connectivity index (χ4v) is 12.0. The second kappa shape index (κ2) is 10.2. The van der Waals surface area contributed by atoms with Gasteiger partial charge in [0.1, 0.15) is 6.10 Å². The van der Waals surface area contributed by atoms with E-state index in [1.54, 1.807) is 12.1 Å². The Morgan fingerprint density at radius 2 is 1.55 bits per heavy atom. The van der Waals surface area contributed by atoms with Crippen LogP contribution in [0.3, 0.4) is 0 Å². The molecule has 1 aromatic rings. The summed E-state index contributed by atoms with van der Waals surface area (Å²) in [6.07, 6.45) is 10.7. The molecule has 0 heterocycles. The summed E-state index contributed by atoms with van der Waals surface area (Å²) in [6.45, 7) is 16.7. The van der Waals surface area contributed by atoms with E-state index in [0.717, 1.165) is 57.8 Å². The zero-order valence-corrected chi connectivity index (χ0v) is 27.7. The van der Waals surface area contributed by atoms with Crippen molar-refractivity contribution < 1.29 is 29.3 Å². The highest BCUT2D eigenvalue weighted by atomic mass is 16.5. The lowest BCUT2D eigenvalue weighted by atomic mass is 9.33. The predicted octanol–water partition coefficient (Wildman–Crippen LogP) is 8.65. The van der Waals surface area contributed by atoms with Crippen molar-refractivity contribution in [3.8, 4) is 0 Å². The number of hydrogen-bond donors (Lipinski definition) is 2. The molecule has 2 N–H and O–H groups in total. The molecular formula is C38H52O6. The van der Waals surface area contributed by atoms with Gasteiger partial charge in [-0.25, -0.2) is 9.59 Å². The molecule has 0 saturated heterocycles. The summed E-state index contributed by atoms with van der Waals surface area (Å²) in [4.78, 5) is 37.7. The average molecular weight is 605 g/mol. The van der Waals surface area contributed by atoms with Crippen molar-refractivity contribution >= 4 is 17.9 Å². The first-order valence-electron chi connectivity index (χ1n) is 17.0. The van der Waals surface area contributed by atoms with Crippen LogP contribution in [0.25, 0.3) is 0 Å². The van der Waals surface area contributed by atoms with Crippen molar-refractivity contribution in [2.45, 2.75) is 112 Å². The summed E-state index contributed by atoms with van der Waals surface area (Å²) in [5, 5.41) is 20.1. The Labute approximate surface area is 263 Å². The number of rotatable bonds is 4. The molecule has 0 spiro atoms. The number of esters is 1. The molecule has 6 heteroatoms. The Hall–Kier alpha value is -2.63. The number of aliphatic carboxylic acids is 1. The van der Waals surface area contributed by atoms with Crippen LogP contribution in [0, 0.1) is 56.7 Å². The fraction of sp³-hybridized carbons (Fsp3) is 0.711. The number of hydrogen-bond acceptors (Lipinski definition) is 4. The number of allylic oxidation sites excluding steroid dienone is 2. The van der Waals surface area contributed by atoms with Crippen LogP contribution in [0.15, 0.2) is 35.9 Å². The molecule has 6 rings (SSSR count). The number of carbonyl (C=O) groups excluding carboxylic acids is 1. The van der Waals surface area contributed by atoms with Gasteiger partial charge in [-0.3, -0.25) is 4.79 Å². The molecular weight excluding hydrogens is 552 g/mol. The Balaban J connectivity index is 1.30. The maximum atomic E-state index is 13.3. The van der Waals surface area contributed by atoms with E-state index in [4.69, 9.17) is 4.74 Å². The minimum atomic E-state index is -1.06. The van der Waals surface area contributed by atoms with E-state index in [1.807, 2.05) is 0 Å². The number of aromatic carboxylic acids is 1. The third-order valence-corrected chi connectivity index (χ3v) is 14.9. The first kappa shape index (κ1) is 31.4. The van der Waals surface area contributed by atoms with Gasteiger partial charge in [-0.2, -0.15) is 0 Å². The SMILES string of the molecule is C[C@H]1[C@H](C)CC[C@]2(C(=O)O)CC[C@]3(C)C(=CC[C@@H]4[C@@]5(C)CC[C@H](OC(=O)c6cccc(C(=O)O)c6)C(C)(C)[C@@H]5CC[C@]43C)[C@H]12. The van der Waals surface area contributed by atoms with Crippen LogP contribution in [0.4, 0.5) is 0 Å². The van der Waals surface area contributed by atoms with E-state index in [-0.39, 0.29) is 44.8 Å². The summed E-state index contributed by atoms with van der Waals surface area (Å²) in [7, 11) is 0. The zero-order valence-electron chi connectivity index (χ0n) is 27.7. The van der Waals surface area contributed by atoms with Gasteiger partial charge in [-0.15, -0.1) is 0 Å². The smallest absolute Gasteiger partial charge is 0.338 e. The molecule has 0 bridgehead atoms.